The van der Waals surface area contributed by atoms with Gasteiger partial charge in [-0.3, -0.25) is 9.69 Å². The van der Waals surface area contributed by atoms with Crippen molar-refractivity contribution in [1.82, 2.24) is 10.2 Å². The summed E-state index contributed by atoms with van der Waals surface area (Å²) in [5.74, 6) is 0.816. The molecule has 0 aliphatic carbocycles. The highest BCUT2D eigenvalue weighted by molar-refractivity contribution is 6.17. The van der Waals surface area contributed by atoms with E-state index in [0.717, 1.165) is 19.4 Å². The first-order chi connectivity index (χ1) is 8.24. The van der Waals surface area contributed by atoms with Gasteiger partial charge in [-0.1, -0.05) is 6.42 Å². The van der Waals surface area contributed by atoms with Crippen LogP contribution in [0.5, 0.6) is 0 Å². The van der Waals surface area contributed by atoms with Crippen LogP contribution in [-0.4, -0.2) is 42.4 Å². The predicted molar refractivity (Wildman–Crippen MR) is 72.5 cm³/mol. The van der Waals surface area contributed by atoms with Crippen molar-refractivity contribution in [2.24, 2.45) is 0 Å². The lowest BCUT2D eigenvalue weighted by molar-refractivity contribution is -0.121. The molecule has 1 amide bonds. The Morgan fingerprint density at radius 1 is 1.29 bits per heavy atom. The average molecular weight is 261 g/mol. The number of unbranched alkanes of at least 4 members (excludes halogenated alkanes) is 1. The normalized spacial score (nSPS) is 18.9. The summed E-state index contributed by atoms with van der Waals surface area (Å²) in [5.41, 5.74) is 0. The SMILES string of the molecule is CC(CNC(=O)CCCCCl)N1CCCCC1. The van der Waals surface area contributed by atoms with E-state index in [1.807, 2.05) is 0 Å². The van der Waals surface area contributed by atoms with Crippen molar-refractivity contribution in [3.05, 3.63) is 0 Å². The molecule has 0 aromatic rings. The van der Waals surface area contributed by atoms with Crippen LogP contribution in [0.25, 0.3) is 0 Å². The van der Waals surface area contributed by atoms with E-state index in [4.69, 9.17) is 11.6 Å². The van der Waals surface area contributed by atoms with Crippen molar-refractivity contribution < 1.29 is 4.79 Å². The van der Waals surface area contributed by atoms with Crippen molar-refractivity contribution in [2.75, 3.05) is 25.5 Å². The summed E-state index contributed by atoms with van der Waals surface area (Å²) in [6.45, 7) is 5.34. The summed E-state index contributed by atoms with van der Waals surface area (Å²) in [4.78, 5) is 14.0. The number of carbonyl (C=O) groups excluding carboxylic acids is 1. The van der Waals surface area contributed by atoms with E-state index in [1.54, 1.807) is 0 Å². The molecule has 100 valence electrons. The minimum atomic E-state index is 0.166. The highest BCUT2D eigenvalue weighted by Gasteiger charge is 2.16. The third-order valence-corrected chi connectivity index (χ3v) is 3.66. The van der Waals surface area contributed by atoms with Crippen molar-refractivity contribution in [3.8, 4) is 0 Å². The van der Waals surface area contributed by atoms with Crippen molar-refractivity contribution in [2.45, 2.75) is 51.5 Å². The standard InChI is InChI=1S/C13H25ClN2O/c1-12(16-9-5-2-6-10-16)11-15-13(17)7-3-4-8-14/h12H,2-11H2,1H3,(H,15,17). The maximum Gasteiger partial charge on any atom is 0.220 e. The number of piperidine rings is 1. The zero-order chi connectivity index (χ0) is 12.5. The van der Waals surface area contributed by atoms with Gasteiger partial charge in [-0.2, -0.15) is 0 Å². The number of halogens is 1. The van der Waals surface area contributed by atoms with Crippen LogP contribution in [0.2, 0.25) is 0 Å². The molecule has 1 heterocycles. The first-order valence-corrected chi connectivity index (χ1v) is 7.34. The Morgan fingerprint density at radius 2 is 2.00 bits per heavy atom. The van der Waals surface area contributed by atoms with Gasteiger partial charge in [-0.25, -0.2) is 0 Å². The molecule has 1 aliphatic heterocycles. The number of nitrogens with one attached hydrogen (secondary N) is 1. The number of nitrogens with zero attached hydrogens (tertiary/aromatic N) is 1. The van der Waals surface area contributed by atoms with E-state index >= 15 is 0 Å². The van der Waals surface area contributed by atoms with Gasteiger partial charge in [0.1, 0.15) is 0 Å². The molecule has 17 heavy (non-hydrogen) atoms. The third-order valence-electron chi connectivity index (χ3n) is 3.40. The molecule has 1 saturated heterocycles. The largest absolute Gasteiger partial charge is 0.355 e. The molecule has 1 unspecified atom stereocenters. The van der Waals surface area contributed by atoms with Gasteiger partial charge in [-0.15, -0.1) is 11.6 Å². The monoisotopic (exact) mass is 260 g/mol. The van der Waals surface area contributed by atoms with Gasteiger partial charge >= 0.3 is 0 Å². The number of rotatable bonds is 7. The molecule has 0 aromatic heterocycles. The van der Waals surface area contributed by atoms with Crippen LogP contribution in [0.4, 0.5) is 0 Å². The molecule has 1 rings (SSSR count). The third kappa shape index (κ3) is 6.27. The number of carbonyl (C=O) groups is 1. The summed E-state index contributed by atoms with van der Waals surface area (Å²) in [7, 11) is 0. The van der Waals surface area contributed by atoms with Gasteiger partial charge in [0.05, 0.1) is 0 Å². The Hall–Kier alpha value is -0.280. The number of hydrogen-bond donors (Lipinski definition) is 1. The summed E-state index contributed by atoms with van der Waals surface area (Å²) in [5, 5.41) is 3.01. The van der Waals surface area contributed by atoms with E-state index in [9.17, 15) is 4.79 Å². The van der Waals surface area contributed by atoms with Crippen LogP contribution in [0, 0.1) is 0 Å². The fourth-order valence-electron chi connectivity index (χ4n) is 2.22. The highest BCUT2D eigenvalue weighted by atomic mass is 35.5. The number of likely N-dealkylation sites (tertiary alicyclic amines) is 1. The topological polar surface area (TPSA) is 32.3 Å². The van der Waals surface area contributed by atoms with Crippen LogP contribution in [0.1, 0.15) is 45.4 Å². The number of alkyl halides is 1. The Kier molecular flexibility index (Phi) is 7.62. The molecule has 1 fully saturated rings. The summed E-state index contributed by atoms with van der Waals surface area (Å²) >= 11 is 5.58. The van der Waals surface area contributed by atoms with Crippen LogP contribution in [0.15, 0.2) is 0 Å². The first kappa shape index (κ1) is 14.8. The maximum absolute atomic E-state index is 11.5. The molecule has 1 aliphatic rings. The molecule has 0 saturated carbocycles. The van der Waals surface area contributed by atoms with E-state index in [0.29, 0.717) is 18.3 Å². The zero-order valence-corrected chi connectivity index (χ0v) is 11.6. The van der Waals surface area contributed by atoms with Crippen LogP contribution < -0.4 is 5.32 Å². The average Bonchev–Trinajstić information content (AvgIpc) is 2.37. The van der Waals surface area contributed by atoms with E-state index < -0.39 is 0 Å². The van der Waals surface area contributed by atoms with Gasteiger partial charge in [0.25, 0.3) is 0 Å². The molecule has 0 spiro atoms. The van der Waals surface area contributed by atoms with Crippen molar-refractivity contribution >= 4 is 17.5 Å². The second-order valence-corrected chi connectivity index (χ2v) is 5.27. The van der Waals surface area contributed by atoms with Gasteiger partial charge in [0, 0.05) is 24.9 Å². The molecular formula is C13H25ClN2O. The Bertz CT molecular complexity index is 217. The number of amides is 1. The fourth-order valence-corrected chi connectivity index (χ4v) is 2.41. The van der Waals surface area contributed by atoms with Gasteiger partial charge in [0.15, 0.2) is 0 Å². The minimum absolute atomic E-state index is 0.166. The minimum Gasteiger partial charge on any atom is -0.355 e. The van der Waals surface area contributed by atoms with Gasteiger partial charge < -0.3 is 5.32 Å². The van der Waals surface area contributed by atoms with E-state index in [1.165, 1.54) is 32.4 Å². The molecule has 4 heteroatoms. The van der Waals surface area contributed by atoms with Gasteiger partial charge in [0.2, 0.25) is 5.91 Å². The van der Waals surface area contributed by atoms with Crippen LogP contribution in [0.3, 0.4) is 0 Å². The van der Waals surface area contributed by atoms with Crippen molar-refractivity contribution in [3.63, 3.8) is 0 Å². The zero-order valence-electron chi connectivity index (χ0n) is 10.9. The predicted octanol–water partition coefficient (Wildman–Crippen LogP) is 2.39. The summed E-state index contributed by atoms with van der Waals surface area (Å²) in [6.07, 6.45) is 6.39. The lowest BCUT2D eigenvalue weighted by Crippen LogP contribution is -2.44. The van der Waals surface area contributed by atoms with E-state index in [-0.39, 0.29) is 5.91 Å². The Labute approximate surface area is 110 Å². The van der Waals surface area contributed by atoms with E-state index in [2.05, 4.69) is 17.1 Å². The summed E-state index contributed by atoms with van der Waals surface area (Å²) < 4.78 is 0. The maximum atomic E-state index is 11.5. The molecule has 0 radical (unpaired) electrons. The second kappa shape index (κ2) is 8.76. The molecular weight excluding hydrogens is 236 g/mol. The molecule has 0 aromatic carbocycles. The Balaban J connectivity index is 2.09. The lowest BCUT2D eigenvalue weighted by atomic mass is 10.1. The Morgan fingerprint density at radius 3 is 2.65 bits per heavy atom. The summed E-state index contributed by atoms with van der Waals surface area (Å²) in [6, 6.07) is 0.465. The first-order valence-electron chi connectivity index (χ1n) is 6.80. The van der Waals surface area contributed by atoms with Crippen LogP contribution >= 0.6 is 11.6 Å². The lowest BCUT2D eigenvalue weighted by Gasteiger charge is -2.32. The number of hydrogen-bond acceptors (Lipinski definition) is 2. The molecule has 1 atom stereocenters. The highest BCUT2D eigenvalue weighted by Crippen LogP contribution is 2.11. The fraction of sp³-hybridized carbons (Fsp3) is 0.923. The van der Waals surface area contributed by atoms with Gasteiger partial charge in [-0.05, 0) is 45.7 Å². The smallest absolute Gasteiger partial charge is 0.220 e. The molecule has 1 N–H and O–H groups in total. The van der Waals surface area contributed by atoms with Crippen LogP contribution in [-0.2, 0) is 4.79 Å². The molecule has 0 bridgehead atoms. The quantitative estimate of drug-likeness (QED) is 0.563. The van der Waals surface area contributed by atoms with Crippen molar-refractivity contribution in [1.29, 1.82) is 0 Å². The molecule has 3 nitrogen and oxygen atoms in total. The second-order valence-electron chi connectivity index (χ2n) is 4.90.